The molecule has 164 valence electrons. The molecule has 2 aromatic carbocycles. The molecule has 0 aliphatic carbocycles. The highest BCUT2D eigenvalue weighted by atomic mass is 16.6. The Kier molecular flexibility index (Phi) is 6.47. The largest absolute Gasteiger partial charge is 0.508 e. The number of piperidine rings is 1. The molecule has 1 aliphatic heterocycles. The summed E-state index contributed by atoms with van der Waals surface area (Å²) in [5, 5.41) is 11.3. The van der Waals surface area contributed by atoms with Gasteiger partial charge < -0.3 is 19.0 Å². The number of phenolic OH excluding ortho intramolecular Hbond substituents is 1. The predicted molar refractivity (Wildman–Crippen MR) is 119 cm³/mol. The molecule has 0 amide bonds. The van der Waals surface area contributed by atoms with E-state index in [0.29, 0.717) is 34.9 Å². The number of esters is 1. The van der Waals surface area contributed by atoms with E-state index in [0.717, 1.165) is 30.7 Å². The number of para-hydroxylation sites is 1. The molecule has 1 saturated heterocycles. The Bertz CT molecular complexity index is 1040. The summed E-state index contributed by atoms with van der Waals surface area (Å²) in [7, 11) is 0. The average Bonchev–Trinajstić information content (AvgIpc) is 3.11. The van der Waals surface area contributed by atoms with Crippen LogP contribution in [0.5, 0.6) is 11.5 Å². The Morgan fingerprint density at radius 1 is 1.16 bits per heavy atom. The highest BCUT2D eigenvalue weighted by Crippen LogP contribution is 2.36. The van der Waals surface area contributed by atoms with Gasteiger partial charge in [-0.2, -0.15) is 0 Å². The molecule has 3 aromatic rings. The van der Waals surface area contributed by atoms with Crippen LogP contribution in [0.25, 0.3) is 11.0 Å². The summed E-state index contributed by atoms with van der Waals surface area (Å²) >= 11 is 0. The van der Waals surface area contributed by atoms with Crippen LogP contribution in [0.2, 0.25) is 0 Å². The van der Waals surface area contributed by atoms with Crippen molar-refractivity contribution in [2.75, 3.05) is 19.8 Å². The summed E-state index contributed by atoms with van der Waals surface area (Å²) in [5.41, 5.74) is 1.68. The third kappa shape index (κ3) is 4.69. The van der Waals surface area contributed by atoms with Gasteiger partial charge in [-0.25, -0.2) is 4.79 Å². The number of benzene rings is 2. The zero-order valence-corrected chi connectivity index (χ0v) is 18.1. The van der Waals surface area contributed by atoms with E-state index in [4.69, 9.17) is 13.9 Å². The number of aryl methyl sites for hydroxylation is 1. The van der Waals surface area contributed by atoms with E-state index >= 15 is 0 Å². The molecule has 1 aliphatic rings. The molecule has 0 saturated carbocycles. The number of likely N-dealkylation sites (tertiary alicyclic amines) is 1. The Morgan fingerprint density at radius 3 is 2.74 bits per heavy atom. The molecule has 0 spiro atoms. The van der Waals surface area contributed by atoms with E-state index < -0.39 is 5.97 Å². The van der Waals surface area contributed by atoms with Gasteiger partial charge in [-0.05, 0) is 57.5 Å². The van der Waals surface area contributed by atoms with Crippen LogP contribution in [0.3, 0.4) is 0 Å². The van der Waals surface area contributed by atoms with Crippen molar-refractivity contribution in [1.82, 2.24) is 4.90 Å². The molecule has 1 aromatic heterocycles. The zero-order valence-electron chi connectivity index (χ0n) is 18.1. The van der Waals surface area contributed by atoms with Crippen LogP contribution in [0.4, 0.5) is 0 Å². The second-order valence-electron chi connectivity index (χ2n) is 8.08. The standard InChI is InChI=1S/C25H29NO5/c1-17-8-6-7-13-26(17)16-20-21(27)11-12-22-24(20)23(18(2)31-22)25(28)30-15-14-29-19-9-4-3-5-10-19/h3-5,9-12,17,27H,6-8,13-16H2,1-2H3. The van der Waals surface area contributed by atoms with Crippen LogP contribution in [-0.2, 0) is 11.3 Å². The summed E-state index contributed by atoms with van der Waals surface area (Å²) in [6, 6.07) is 13.2. The van der Waals surface area contributed by atoms with Crippen LogP contribution >= 0.6 is 0 Å². The van der Waals surface area contributed by atoms with Gasteiger partial charge in [-0.1, -0.05) is 24.6 Å². The van der Waals surface area contributed by atoms with Crippen molar-refractivity contribution in [1.29, 1.82) is 0 Å². The predicted octanol–water partition coefficient (Wildman–Crippen LogP) is 5.06. The first-order valence-corrected chi connectivity index (χ1v) is 10.9. The number of ether oxygens (including phenoxy) is 2. The highest BCUT2D eigenvalue weighted by Gasteiger charge is 2.26. The van der Waals surface area contributed by atoms with Crippen LogP contribution in [-0.4, -0.2) is 41.8 Å². The van der Waals surface area contributed by atoms with Crippen LogP contribution in [0.15, 0.2) is 46.9 Å². The Balaban J connectivity index is 1.53. The van der Waals surface area contributed by atoms with Crippen molar-refractivity contribution in [2.24, 2.45) is 0 Å². The summed E-state index contributed by atoms with van der Waals surface area (Å²) in [6.07, 6.45) is 3.50. The number of rotatable bonds is 7. The fourth-order valence-corrected chi connectivity index (χ4v) is 4.25. The third-order valence-corrected chi connectivity index (χ3v) is 5.95. The fraction of sp³-hybridized carbons (Fsp3) is 0.400. The SMILES string of the molecule is Cc1oc2ccc(O)c(CN3CCCCC3C)c2c1C(=O)OCCOc1ccccc1. The molecule has 31 heavy (non-hydrogen) atoms. The zero-order chi connectivity index (χ0) is 21.8. The van der Waals surface area contributed by atoms with E-state index in [2.05, 4.69) is 11.8 Å². The van der Waals surface area contributed by atoms with Gasteiger partial charge >= 0.3 is 5.97 Å². The minimum atomic E-state index is -0.466. The van der Waals surface area contributed by atoms with Crippen molar-refractivity contribution < 1.29 is 23.8 Å². The van der Waals surface area contributed by atoms with Gasteiger partial charge in [0.15, 0.2) is 0 Å². The Labute approximate surface area is 182 Å². The average molecular weight is 424 g/mol. The minimum absolute atomic E-state index is 0.122. The van der Waals surface area contributed by atoms with Crippen molar-refractivity contribution in [3.63, 3.8) is 0 Å². The second-order valence-corrected chi connectivity index (χ2v) is 8.08. The molecular formula is C25H29NO5. The van der Waals surface area contributed by atoms with Gasteiger partial charge in [-0.3, -0.25) is 4.90 Å². The maximum atomic E-state index is 12.9. The van der Waals surface area contributed by atoms with Gasteiger partial charge in [0.05, 0.1) is 0 Å². The molecule has 1 fully saturated rings. The smallest absolute Gasteiger partial charge is 0.342 e. The van der Waals surface area contributed by atoms with Crippen LogP contribution in [0, 0.1) is 6.92 Å². The van der Waals surface area contributed by atoms with Gasteiger partial charge in [0, 0.05) is 23.5 Å². The van der Waals surface area contributed by atoms with Gasteiger partial charge in [-0.15, -0.1) is 0 Å². The number of aromatic hydroxyl groups is 1. The third-order valence-electron chi connectivity index (χ3n) is 5.95. The molecule has 1 atom stereocenters. The molecule has 0 bridgehead atoms. The number of furan rings is 1. The number of carbonyl (C=O) groups excluding carboxylic acids is 1. The molecule has 4 rings (SSSR count). The first-order valence-electron chi connectivity index (χ1n) is 10.9. The number of fused-ring (bicyclic) bond motifs is 1. The Hall–Kier alpha value is -2.99. The summed E-state index contributed by atoms with van der Waals surface area (Å²) in [4.78, 5) is 15.3. The van der Waals surface area contributed by atoms with E-state index in [9.17, 15) is 9.90 Å². The molecule has 2 heterocycles. The van der Waals surface area contributed by atoms with E-state index in [1.165, 1.54) is 6.42 Å². The summed E-state index contributed by atoms with van der Waals surface area (Å²) < 4.78 is 16.9. The number of carbonyl (C=O) groups is 1. The number of hydrogen-bond donors (Lipinski definition) is 1. The number of hydrogen-bond acceptors (Lipinski definition) is 6. The van der Waals surface area contributed by atoms with Crippen molar-refractivity contribution >= 4 is 16.9 Å². The molecule has 1 N–H and O–H groups in total. The topological polar surface area (TPSA) is 72.1 Å². The van der Waals surface area contributed by atoms with Crippen LogP contribution in [0.1, 0.15) is 47.9 Å². The molecule has 1 unspecified atom stereocenters. The van der Waals surface area contributed by atoms with Crippen LogP contribution < -0.4 is 4.74 Å². The molecule has 6 nitrogen and oxygen atoms in total. The maximum Gasteiger partial charge on any atom is 0.342 e. The lowest BCUT2D eigenvalue weighted by molar-refractivity contribution is 0.0450. The lowest BCUT2D eigenvalue weighted by atomic mass is 9.99. The molecule has 0 radical (unpaired) electrons. The quantitative estimate of drug-likeness (QED) is 0.423. The maximum absolute atomic E-state index is 12.9. The van der Waals surface area contributed by atoms with Crippen molar-refractivity contribution in [3.05, 3.63) is 59.4 Å². The number of phenols is 1. The lowest BCUT2D eigenvalue weighted by Crippen LogP contribution is -2.36. The Morgan fingerprint density at radius 2 is 1.97 bits per heavy atom. The first-order chi connectivity index (χ1) is 15.0. The van der Waals surface area contributed by atoms with Gasteiger partial charge in [0.25, 0.3) is 0 Å². The van der Waals surface area contributed by atoms with Gasteiger partial charge in [0.2, 0.25) is 0 Å². The molecular weight excluding hydrogens is 394 g/mol. The highest BCUT2D eigenvalue weighted by molar-refractivity contribution is 6.06. The van der Waals surface area contributed by atoms with Gasteiger partial charge in [0.1, 0.15) is 41.6 Å². The van der Waals surface area contributed by atoms with E-state index in [-0.39, 0.29) is 19.0 Å². The lowest BCUT2D eigenvalue weighted by Gasteiger charge is -2.33. The summed E-state index contributed by atoms with van der Waals surface area (Å²) in [5.74, 6) is 0.924. The number of nitrogens with zero attached hydrogens (tertiary/aromatic N) is 1. The van der Waals surface area contributed by atoms with E-state index in [1.807, 2.05) is 30.3 Å². The second kappa shape index (κ2) is 9.43. The molecule has 6 heteroatoms. The monoisotopic (exact) mass is 423 g/mol. The van der Waals surface area contributed by atoms with Crippen molar-refractivity contribution in [2.45, 2.75) is 45.7 Å². The normalized spacial score (nSPS) is 17.0. The van der Waals surface area contributed by atoms with E-state index in [1.54, 1.807) is 19.1 Å². The summed E-state index contributed by atoms with van der Waals surface area (Å²) in [6.45, 7) is 5.89. The minimum Gasteiger partial charge on any atom is -0.508 e. The van der Waals surface area contributed by atoms with Crippen molar-refractivity contribution in [3.8, 4) is 11.5 Å². The fourth-order valence-electron chi connectivity index (χ4n) is 4.25. The first kappa shape index (κ1) is 21.2.